The molecule has 2 aromatic carbocycles. The average molecular weight is 334 g/mol. The van der Waals surface area contributed by atoms with Crippen LogP contribution in [-0.4, -0.2) is 11.1 Å². The van der Waals surface area contributed by atoms with Crippen LogP contribution in [0.2, 0.25) is 0 Å². The van der Waals surface area contributed by atoms with Crippen LogP contribution in [0.1, 0.15) is 18.1 Å². The van der Waals surface area contributed by atoms with Crippen LogP contribution in [0.3, 0.4) is 0 Å². The first-order valence-corrected chi connectivity index (χ1v) is 7.05. The third kappa shape index (κ3) is 3.02. The lowest BCUT2D eigenvalue weighted by molar-refractivity contribution is -0.142. The third-order valence-electron chi connectivity index (χ3n) is 3.24. The quantitative estimate of drug-likeness (QED) is 0.882. The summed E-state index contributed by atoms with van der Waals surface area (Å²) in [4.78, 5) is 11.7. The lowest BCUT2D eigenvalue weighted by atomic mass is 9.91. The third-order valence-corrected chi connectivity index (χ3v) is 3.74. The van der Waals surface area contributed by atoms with Gasteiger partial charge in [-0.25, -0.2) is 4.79 Å². The molecule has 2 aromatic rings. The summed E-state index contributed by atoms with van der Waals surface area (Å²) >= 11 is 3.38. The zero-order valence-electron chi connectivity index (χ0n) is 11.4. The molecule has 3 nitrogen and oxygen atoms in total. The number of carbonyl (C=O) groups is 1. The largest absolute Gasteiger partial charge is 0.479 e. The van der Waals surface area contributed by atoms with Crippen LogP contribution < -0.4 is 5.32 Å². The molecule has 0 fully saturated rings. The number of benzene rings is 2. The molecule has 0 saturated carbocycles. The molecule has 104 valence electrons. The van der Waals surface area contributed by atoms with E-state index < -0.39 is 11.5 Å². The Bertz CT molecular complexity index is 642. The molecule has 0 bridgehead atoms. The Morgan fingerprint density at radius 2 is 1.90 bits per heavy atom. The molecule has 0 aromatic heterocycles. The summed E-state index contributed by atoms with van der Waals surface area (Å²) < 4.78 is 0.855. The van der Waals surface area contributed by atoms with Crippen LogP contribution in [0.4, 0.5) is 5.69 Å². The Labute approximate surface area is 126 Å². The van der Waals surface area contributed by atoms with E-state index in [2.05, 4.69) is 21.2 Å². The number of aliphatic carboxylic acids is 1. The van der Waals surface area contributed by atoms with Crippen LogP contribution in [0.15, 0.2) is 53.0 Å². The zero-order valence-corrected chi connectivity index (χ0v) is 12.9. The molecule has 4 heteroatoms. The van der Waals surface area contributed by atoms with E-state index in [0.717, 1.165) is 15.7 Å². The minimum atomic E-state index is -1.18. The molecule has 0 aliphatic rings. The van der Waals surface area contributed by atoms with Crippen molar-refractivity contribution in [3.8, 4) is 0 Å². The summed E-state index contributed by atoms with van der Waals surface area (Å²) in [5.41, 5.74) is 1.38. The monoisotopic (exact) mass is 333 g/mol. The number of carboxylic acid groups (broad SMARTS) is 1. The van der Waals surface area contributed by atoms with Crippen molar-refractivity contribution in [1.29, 1.82) is 0 Å². The lowest BCUT2D eigenvalue weighted by Crippen LogP contribution is -2.40. The predicted octanol–water partition coefficient (Wildman–Crippen LogP) is 4.17. The van der Waals surface area contributed by atoms with Crippen molar-refractivity contribution in [3.05, 3.63) is 64.1 Å². The molecule has 1 unspecified atom stereocenters. The van der Waals surface area contributed by atoms with E-state index in [4.69, 9.17) is 0 Å². The second kappa shape index (κ2) is 5.67. The SMILES string of the molecule is Cc1cccc(NC(C)(C(=O)O)c2cccc(Br)c2)c1. The Balaban J connectivity index is 2.42. The summed E-state index contributed by atoms with van der Waals surface area (Å²) in [6.45, 7) is 3.64. The molecule has 0 aliphatic heterocycles. The zero-order chi connectivity index (χ0) is 14.8. The van der Waals surface area contributed by atoms with E-state index in [0.29, 0.717) is 5.56 Å². The minimum absolute atomic E-state index is 0.695. The fourth-order valence-electron chi connectivity index (χ4n) is 2.06. The highest BCUT2D eigenvalue weighted by Crippen LogP contribution is 2.28. The number of rotatable bonds is 4. The van der Waals surface area contributed by atoms with Crippen LogP contribution in [0.5, 0.6) is 0 Å². The maximum Gasteiger partial charge on any atom is 0.333 e. The first-order valence-electron chi connectivity index (χ1n) is 6.26. The van der Waals surface area contributed by atoms with Gasteiger partial charge < -0.3 is 10.4 Å². The molecular weight excluding hydrogens is 318 g/mol. The van der Waals surface area contributed by atoms with Crippen molar-refractivity contribution < 1.29 is 9.90 Å². The summed E-state index contributed by atoms with van der Waals surface area (Å²) in [6.07, 6.45) is 0. The number of aryl methyl sites for hydroxylation is 1. The first-order chi connectivity index (χ1) is 9.41. The number of hydrogen-bond donors (Lipinski definition) is 2. The minimum Gasteiger partial charge on any atom is -0.479 e. The molecule has 0 saturated heterocycles. The Hall–Kier alpha value is -1.81. The topological polar surface area (TPSA) is 49.3 Å². The van der Waals surface area contributed by atoms with Crippen LogP contribution in [0, 0.1) is 6.92 Å². The van der Waals surface area contributed by atoms with E-state index in [1.54, 1.807) is 6.92 Å². The molecule has 0 heterocycles. The standard InChI is InChI=1S/C16H16BrNO2/c1-11-5-3-8-14(9-11)18-16(2,15(19)20)12-6-4-7-13(17)10-12/h3-10,18H,1-2H3,(H,19,20). The maximum atomic E-state index is 11.7. The smallest absolute Gasteiger partial charge is 0.333 e. The summed E-state index contributed by atoms with van der Waals surface area (Å²) in [7, 11) is 0. The highest BCUT2D eigenvalue weighted by atomic mass is 79.9. The first kappa shape index (κ1) is 14.6. The lowest BCUT2D eigenvalue weighted by Gasteiger charge is -2.28. The van der Waals surface area contributed by atoms with Gasteiger partial charge in [0.1, 0.15) is 0 Å². The van der Waals surface area contributed by atoms with Crippen molar-refractivity contribution in [2.24, 2.45) is 0 Å². The molecular formula is C16H16BrNO2. The van der Waals surface area contributed by atoms with E-state index in [1.807, 2.05) is 55.5 Å². The van der Waals surface area contributed by atoms with Gasteiger partial charge in [-0.2, -0.15) is 0 Å². The van der Waals surface area contributed by atoms with E-state index in [1.165, 1.54) is 0 Å². The normalized spacial score (nSPS) is 13.6. The molecule has 0 aliphatic carbocycles. The van der Waals surface area contributed by atoms with Gasteiger partial charge in [-0.15, -0.1) is 0 Å². The average Bonchev–Trinajstić information content (AvgIpc) is 2.38. The van der Waals surface area contributed by atoms with Gasteiger partial charge in [0.25, 0.3) is 0 Å². The van der Waals surface area contributed by atoms with E-state index in [-0.39, 0.29) is 0 Å². The maximum absolute atomic E-state index is 11.7. The van der Waals surface area contributed by atoms with Gasteiger partial charge in [0, 0.05) is 10.2 Å². The Morgan fingerprint density at radius 1 is 1.20 bits per heavy atom. The Kier molecular flexibility index (Phi) is 4.14. The molecule has 0 spiro atoms. The van der Waals surface area contributed by atoms with Crippen LogP contribution in [0.25, 0.3) is 0 Å². The number of halogens is 1. The molecule has 20 heavy (non-hydrogen) atoms. The number of nitrogens with one attached hydrogen (secondary N) is 1. The molecule has 0 radical (unpaired) electrons. The van der Waals surface area contributed by atoms with Gasteiger partial charge >= 0.3 is 5.97 Å². The second-order valence-corrected chi connectivity index (χ2v) is 5.85. The highest BCUT2D eigenvalue weighted by molar-refractivity contribution is 9.10. The van der Waals surface area contributed by atoms with Crippen molar-refractivity contribution in [2.75, 3.05) is 5.32 Å². The van der Waals surface area contributed by atoms with Crippen LogP contribution >= 0.6 is 15.9 Å². The van der Waals surface area contributed by atoms with Gasteiger partial charge in [-0.3, -0.25) is 0 Å². The van der Waals surface area contributed by atoms with Gasteiger partial charge in [0.05, 0.1) is 0 Å². The van der Waals surface area contributed by atoms with Gasteiger partial charge in [0.15, 0.2) is 5.54 Å². The summed E-state index contributed by atoms with van der Waals surface area (Å²) in [6, 6.07) is 15.0. The van der Waals surface area contributed by atoms with Gasteiger partial charge in [-0.1, -0.05) is 40.2 Å². The fourth-order valence-corrected chi connectivity index (χ4v) is 2.46. The van der Waals surface area contributed by atoms with Crippen molar-refractivity contribution in [1.82, 2.24) is 0 Å². The molecule has 2 N–H and O–H groups in total. The molecule has 2 rings (SSSR count). The van der Waals surface area contributed by atoms with E-state index in [9.17, 15) is 9.90 Å². The number of carboxylic acids is 1. The van der Waals surface area contributed by atoms with Crippen LogP contribution in [-0.2, 0) is 10.3 Å². The second-order valence-electron chi connectivity index (χ2n) is 4.93. The molecule has 1 atom stereocenters. The van der Waals surface area contributed by atoms with Gasteiger partial charge in [-0.05, 0) is 49.2 Å². The summed E-state index contributed by atoms with van der Waals surface area (Å²) in [5, 5.41) is 12.7. The predicted molar refractivity (Wildman–Crippen MR) is 83.9 cm³/mol. The van der Waals surface area contributed by atoms with Crippen molar-refractivity contribution in [2.45, 2.75) is 19.4 Å². The Morgan fingerprint density at radius 3 is 2.50 bits per heavy atom. The fraction of sp³-hybridized carbons (Fsp3) is 0.188. The van der Waals surface area contributed by atoms with Crippen molar-refractivity contribution in [3.63, 3.8) is 0 Å². The summed E-state index contributed by atoms with van der Waals surface area (Å²) in [5.74, 6) is -0.919. The van der Waals surface area contributed by atoms with Crippen molar-refractivity contribution >= 4 is 27.6 Å². The number of anilines is 1. The van der Waals surface area contributed by atoms with Gasteiger partial charge in [0.2, 0.25) is 0 Å². The number of hydrogen-bond acceptors (Lipinski definition) is 2. The van der Waals surface area contributed by atoms with E-state index >= 15 is 0 Å². The highest BCUT2D eigenvalue weighted by Gasteiger charge is 2.35. The molecule has 0 amide bonds.